The highest BCUT2D eigenvalue weighted by Crippen LogP contribution is 2.27. The van der Waals surface area contributed by atoms with Crippen LogP contribution in [0.25, 0.3) is 5.69 Å². The zero-order valence-electron chi connectivity index (χ0n) is 18.1. The Kier molecular flexibility index (Phi) is 5.84. The fourth-order valence-electron chi connectivity index (χ4n) is 3.93. The third-order valence-electron chi connectivity index (χ3n) is 5.70. The van der Waals surface area contributed by atoms with Crippen molar-refractivity contribution in [3.63, 3.8) is 0 Å². The number of fused-ring (bicyclic) bond motifs is 1. The van der Waals surface area contributed by atoms with Gasteiger partial charge in [-0.2, -0.15) is 5.10 Å². The molecule has 1 atom stereocenters. The zero-order chi connectivity index (χ0) is 23.0. The van der Waals surface area contributed by atoms with Gasteiger partial charge in [-0.25, -0.2) is 4.68 Å². The number of halogens is 1. The number of hydrogen-bond acceptors (Lipinski definition) is 4. The maximum absolute atomic E-state index is 13.1. The molecule has 4 rings (SSSR count). The number of hydrogen-bond donors (Lipinski definition) is 1. The lowest BCUT2D eigenvalue weighted by Gasteiger charge is -2.22. The van der Waals surface area contributed by atoms with Crippen LogP contribution in [0.1, 0.15) is 33.7 Å². The van der Waals surface area contributed by atoms with Gasteiger partial charge in [-0.3, -0.25) is 14.4 Å². The number of anilines is 1. The summed E-state index contributed by atoms with van der Waals surface area (Å²) in [7, 11) is 1.68. The van der Waals surface area contributed by atoms with Gasteiger partial charge < -0.3 is 10.2 Å². The van der Waals surface area contributed by atoms with Crippen LogP contribution in [0.4, 0.5) is 5.69 Å². The molecule has 1 aromatic heterocycles. The fraction of sp³-hybridized carbons (Fsp3) is 0.250. The second kappa shape index (κ2) is 8.59. The minimum atomic E-state index is -0.786. The van der Waals surface area contributed by atoms with Gasteiger partial charge in [-0.1, -0.05) is 47.5 Å². The number of rotatable bonds is 3. The van der Waals surface area contributed by atoms with E-state index in [1.165, 1.54) is 4.68 Å². The first-order valence-corrected chi connectivity index (χ1v) is 10.7. The van der Waals surface area contributed by atoms with E-state index in [9.17, 15) is 14.4 Å². The van der Waals surface area contributed by atoms with Gasteiger partial charge in [0.15, 0.2) is 5.69 Å². The maximum Gasteiger partial charge on any atom is 0.276 e. The second-order valence-corrected chi connectivity index (χ2v) is 8.30. The summed E-state index contributed by atoms with van der Waals surface area (Å²) in [6.07, 6.45) is 1.03. The van der Waals surface area contributed by atoms with Crippen molar-refractivity contribution in [3.05, 3.63) is 86.3 Å². The third kappa shape index (κ3) is 3.91. The molecule has 2 aromatic carbocycles. The Morgan fingerprint density at radius 1 is 1.12 bits per heavy atom. The van der Waals surface area contributed by atoms with Crippen LogP contribution >= 0.6 is 11.6 Å². The van der Waals surface area contributed by atoms with E-state index >= 15 is 0 Å². The zero-order valence-corrected chi connectivity index (χ0v) is 18.8. The number of likely N-dealkylation sites (N-methyl/N-ethyl adjacent to an activating group) is 1. The smallest absolute Gasteiger partial charge is 0.276 e. The van der Waals surface area contributed by atoms with Crippen molar-refractivity contribution in [2.45, 2.75) is 32.7 Å². The van der Waals surface area contributed by atoms with Gasteiger partial charge in [0, 0.05) is 12.7 Å². The van der Waals surface area contributed by atoms with Crippen molar-refractivity contribution in [2.75, 3.05) is 11.9 Å². The molecule has 164 valence electrons. The molecule has 0 saturated heterocycles. The Bertz CT molecular complexity index is 1270. The number of nitrogens with zero attached hydrogens (tertiary/aromatic N) is 3. The highest BCUT2D eigenvalue weighted by atomic mass is 35.5. The van der Waals surface area contributed by atoms with Gasteiger partial charge in [-0.15, -0.1) is 0 Å². The van der Waals surface area contributed by atoms with Gasteiger partial charge in [0.2, 0.25) is 11.3 Å². The molecule has 1 aliphatic rings. The molecule has 3 aromatic rings. The van der Waals surface area contributed by atoms with Crippen LogP contribution in [0.5, 0.6) is 0 Å². The number of benzene rings is 2. The standard InChI is InChI=1S/C24H23ClN4O3/c1-14-9-12-19-16(13-14)10-11-18(24(32)28(19)3)26-23(31)21-22(30)20(25)15(2)29(27-21)17-7-5-4-6-8-17/h4-9,12-13,18H,10-11H2,1-3H3,(H,26,31). The molecule has 2 amide bonds. The fourth-order valence-corrected chi connectivity index (χ4v) is 4.10. The van der Waals surface area contributed by atoms with E-state index in [0.717, 1.165) is 16.8 Å². The summed E-state index contributed by atoms with van der Waals surface area (Å²) in [6.45, 7) is 3.66. The van der Waals surface area contributed by atoms with Crippen LogP contribution in [0, 0.1) is 13.8 Å². The van der Waals surface area contributed by atoms with E-state index in [4.69, 9.17) is 11.6 Å². The van der Waals surface area contributed by atoms with E-state index in [0.29, 0.717) is 24.2 Å². The van der Waals surface area contributed by atoms with Crippen molar-refractivity contribution < 1.29 is 9.59 Å². The van der Waals surface area contributed by atoms with Crippen LogP contribution in [-0.2, 0) is 11.2 Å². The van der Waals surface area contributed by atoms with E-state index in [2.05, 4.69) is 10.4 Å². The molecule has 2 heterocycles. The number of carbonyl (C=O) groups excluding carboxylic acids is 2. The van der Waals surface area contributed by atoms with Crippen molar-refractivity contribution in [1.29, 1.82) is 0 Å². The van der Waals surface area contributed by atoms with Crippen molar-refractivity contribution in [1.82, 2.24) is 15.1 Å². The quantitative estimate of drug-likeness (QED) is 0.664. The number of aryl methyl sites for hydroxylation is 2. The monoisotopic (exact) mass is 450 g/mol. The summed E-state index contributed by atoms with van der Waals surface area (Å²) in [5.41, 5.74) is 3.04. The Morgan fingerprint density at radius 3 is 2.56 bits per heavy atom. The summed E-state index contributed by atoms with van der Waals surface area (Å²) in [4.78, 5) is 40.4. The number of para-hydroxylation sites is 1. The minimum Gasteiger partial charge on any atom is -0.339 e. The molecule has 7 nitrogen and oxygen atoms in total. The number of aromatic nitrogens is 2. The summed E-state index contributed by atoms with van der Waals surface area (Å²) >= 11 is 6.25. The molecule has 0 saturated carbocycles. The minimum absolute atomic E-state index is 0.0822. The molecule has 1 N–H and O–H groups in total. The topological polar surface area (TPSA) is 84.3 Å². The average Bonchev–Trinajstić information content (AvgIpc) is 2.90. The van der Waals surface area contributed by atoms with Crippen molar-refractivity contribution in [3.8, 4) is 5.69 Å². The largest absolute Gasteiger partial charge is 0.339 e. The average molecular weight is 451 g/mol. The van der Waals surface area contributed by atoms with Crippen molar-refractivity contribution in [2.24, 2.45) is 0 Å². The Labute approximate surface area is 190 Å². The maximum atomic E-state index is 13.1. The number of amides is 2. The first kappa shape index (κ1) is 21.8. The summed E-state index contributed by atoms with van der Waals surface area (Å²) < 4.78 is 1.46. The van der Waals surface area contributed by atoms with E-state index in [-0.39, 0.29) is 16.6 Å². The van der Waals surface area contributed by atoms with Gasteiger partial charge in [0.05, 0.1) is 11.4 Å². The predicted molar refractivity (Wildman–Crippen MR) is 124 cm³/mol. The first-order valence-electron chi connectivity index (χ1n) is 10.3. The lowest BCUT2D eigenvalue weighted by Crippen LogP contribution is -2.48. The van der Waals surface area contributed by atoms with E-state index in [1.807, 2.05) is 43.3 Å². The normalized spacial score (nSPS) is 15.8. The Hall–Kier alpha value is -3.45. The van der Waals surface area contributed by atoms with Crippen LogP contribution in [0.2, 0.25) is 5.02 Å². The van der Waals surface area contributed by atoms with Crippen molar-refractivity contribution >= 4 is 29.1 Å². The van der Waals surface area contributed by atoms with Crippen LogP contribution < -0.4 is 15.6 Å². The molecule has 0 fully saturated rings. The lowest BCUT2D eigenvalue weighted by atomic mass is 10.0. The molecule has 8 heteroatoms. The van der Waals surface area contributed by atoms with Gasteiger partial charge in [-0.05, 0) is 50.5 Å². The number of nitrogens with one attached hydrogen (secondary N) is 1. The Morgan fingerprint density at radius 2 is 1.84 bits per heavy atom. The van der Waals surface area contributed by atoms with Crippen LogP contribution in [-0.4, -0.2) is 34.7 Å². The molecule has 1 unspecified atom stereocenters. The molecule has 0 aliphatic carbocycles. The number of carbonyl (C=O) groups is 2. The molecular weight excluding hydrogens is 428 g/mol. The van der Waals surface area contributed by atoms with Crippen LogP contribution in [0.15, 0.2) is 53.3 Å². The summed E-state index contributed by atoms with van der Waals surface area (Å²) in [5, 5.41) is 6.89. The molecule has 1 aliphatic heterocycles. The highest BCUT2D eigenvalue weighted by molar-refractivity contribution is 6.31. The van der Waals surface area contributed by atoms with Crippen LogP contribution in [0.3, 0.4) is 0 Å². The molecule has 0 radical (unpaired) electrons. The molecule has 0 bridgehead atoms. The van der Waals surface area contributed by atoms with Gasteiger partial charge in [0.1, 0.15) is 11.1 Å². The second-order valence-electron chi connectivity index (χ2n) is 7.92. The summed E-state index contributed by atoms with van der Waals surface area (Å²) in [5.74, 6) is -0.974. The SMILES string of the molecule is Cc1ccc2c(c1)CCC(NC(=O)c1nn(-c3ccccc3)c(C)c(Cl)c1=O)C(=O)N2C. The highest BCUT2D eigenvalue weighted by Gasteiger charge is 2.31. The van der Waals surface area contributed by atoms with E-state index in [1.54, 1.807) is 31.0 Å². The van der Waals surface area contributed by atoms with E-state index < -0.39 is 17.4 Å². The Balaban J connectivity index is 1.65. The third-order valence-corrected chi connectivity index (χ3v) is 6.14. The molecular formula is C24H23ClN4O3. The first-order chi connectivity index (χ1) is 15.3. The predicted octanol–water partition coefficient (Wildman–Crippen LogP) is 3.21. The molecule has 32 heavy (non-hydrogen) atoms. The lowest BCUT2D eigenvalue weighted by molar-refractivity contribution is -0.120. The van der Waals surface area contributed by atoms with Gasteiger partial charge >= 0.3 is 0 Å². The summed E-state index contributed by atoms with van der Waals surface area (Å²) in [6, 6.07) is 14.2. The molecule has 0 spiro atoms. The van der Waals surface area contributed by atoms with Gasteiger partial charge in [0.25, 0.3) is 5.91 Å².